The molecule has 0 aliphatic carbocycles. The Balaban J connectivity index is 2.15. The third-order valence-electron chi connectivity index (χ3n) is 3.31. The Labute approximate surface area is 124 Å². The summed E-state index contributed by atoms with van der Waals surface area (Å²) in [6, 6.07) is 2.02. The van der Waals surface area contributed by atoms with E-state index in [0.717, 1.165) is 5.82 Å². The van der Waals surface area contributed by atoms with Crippen molar-refractivity contribution in [2.24, 2.45) is 7.05 Å². The van der Waals surface area contributed by atoms with E-state index in [0.29, 0.717) is 30.5 Å². The standard InChI is InChI=1S/C15H22FN5/c1-11(2)19-9-12-5-6-18-15(14(12)16)21(4)10-13-17-7-8-20(13)3/h5-8,11,19H,9-10H2,1-4H3. The van der Waals surface area contributed by atoms with Crippen molar-refractivity contribution in [2.45, 2.75) is 33.0 Å². The molecule has 1 N–H and O–H groups in total. The van der Waals surface area contributed by atoms with Crippen LogP contribution in [0.1, 0.15) is 25.2 Å². The predicted molar refractivity (Wildman–Crippen MR) is 81.5 cm³/mol. The molecule has 21 heavy (non-hydrogen) atoms. The zero-order valence-electron chi connectivity index (χ0n) is 13.0. The molecular formula is C15H22FN5. The molecule has 0 atom stereocenters. The van der Waals surface area contributed by atoms with Crippen molar-refractivity contribution in [1.82, 2.24) is 19.9 Å². The van der Waals surface area contributed by atoms with Crippen molar-refractivity contribution in [3.05, 3.63) is 41.9 Å². The fourth-order valence-electron chi connectivity index (χ4n) is 2.02. The molecule has 0 aliphatic rings. The number of nitrogens with one attached hydrogen (secondary N) is 1. The van der Waals surface area contributed by atoms with Crippen LogP contribution >= 0.6 is 0 Å². The highest BCUT2D eigenvalue weighted by atomic mass is 19.1. The molecule has 0 amide bonds. The first-order valence-corrected chi connectivity index (χ1v) is 7.03. The molecule has 2 aromatic rings. The van der Waals surface area contributed by atoms with Crippen molar-refractivity contribution in [3.63, 3.8) is 0 Å². The summed E-state index contributed by atoms with van der Waals surface area (Å²) in [4.78, 5) is 10.2. The number of pyridine rings is 1. The summed E-state index contributed by atoms with van der Waals surface area (Å²) in [5.41, 5.74) is 0.625. The second-order valence-corrected chi connectivity index (χ2v) is 5.45. The third-order valence-corrected chi connectivity index (χ3v) is 3.31. The summed E-state index contributed by atoms with van der Waals surface area (Å²) < 4.78 is 16.4. The number of nitrogens with zero attached hydrogens (tertiary/aromatic N) is 4. The molecule has 2 heterocycles. The van der Waals surface area contributed by atoms with Gasteiger partial charge in [0.05, 0.1) is 6.54 Å². The maximum atomic E-state index is 14.5. The second kappa shape index (κ2) is 6.67. The molecule has 5 nitrogen and oxygen atoms in total. The van der Waals surface area contributed by atoms with Crippen molar-refractivity contribution in [1.29, 1.82) is 0 Å². The summed E-state index contributed by atoms with van der Waals surface area (Å²) in [7, 11) is 3.74. The first-order chi connectivity index (χ1) is 9.99. The van der Waals surface area contributed by atoms with E-state index in [2.05, 4.69) is 15.3 Å². The Morgan fingerprint density at radius 1 is 1.33 bits per heavy atom. The normalized spacial score (nSPS) is 11.1. The minimum Gasteiger partial charge on any atom is -0.350 e. The molecule has 0 spiro atoms. The molecule has 0 radical (unpaired) electrons. The second-order valence-electron chi connectivity index (χ2n) is 5.45. The largest absolute Gasteiger partial charge is 0.350 e. The monoisotopic (exact) mass is 291 g/mol. The van der Waals surface area contributed by atoms with Gasteiger partial charge in [-0.05, 0) is 6.07 Å². The lowest BCUT2D eigenvalue weighted by Crippen LogP contribution is -2.25. The molecule has 114 valence electrons. The number of aromatic nitrogens is 3. The van der Waals surface area contributed by atoms with Crippen LogP contribution in [0.3, 0.4) is 0 Å². The summed E-state index contributed by atoms with van der Waals surface area (Å²) >= 11 is 0. The Kier molecular flexibility index (Phi) is 4.90. The summed E-state index contributed by atoms with van der Waals surface area (Å²) in [6.45, 7) is 5.07. The lowest BCUT2D eigenvalue weighted by atomic mass is 10.2. The number of imidazole rings is 1. The lowest BCUT2D eigenvalue weighted by Gasteiger charge is -2.20. The lowest BCUT2D eigenvalue weighted by molar-refractivity contribution is 0.548. The molecule has 6 heteroatoms. The quantitative estimate of drug-likeness (QED) is 0.885. The number of rotatable bonds is 6. The van der Waals surface area contributed by atoms with Gasteiger partial charge in [0.1, 0.15) is 5.82 Å². The summed E-state index contributed by atoms with van der Waals surface area (Å²) in [5, 5.41) is 3.22. The zero-order chi connectivity index (χ0) is 15.4. The van der Waals surface area contributed by atoms with Gasteiger partial charge in [0, 0.05) is 50.8 Å². The highest BCUT2D eigenvalue weighted by Crippen LogP contribution is 2.19. The van der Waals surface area contributed by atoms with Crippen LogP contribution in [0.2, 0.25) is 0 Å². The van der Waals surface area contributed by atoms with Gasteiger partial charge in [-0.3, -0.25) is 0 Å². The van der Waals surface area contributed by atoms with Crippen LogP contribution in [-0.2, 0) is 20.1 Å². The Hall–Kier alpha value is -1.95. The summed E-state index contributed by atoms with van der Waals surface area (Å²) in [5.74, 6) is 0.938. The molecular weight excluding hydrogens is 269 g/mol. The SMILES string of the molecule is CC(C)NCc1ccnc(N(C)Cc2nccn2C)c1F. The maximum absolute atomic E-state index is 14.5. The van der Waals surface area contributed by atoms with Crippen LogP contribution in [0.25, 0.3) is 0 Å². The first kappa shape index (κ1) is 15.4. The Morgan fingerprint density at radius 3 is 2.71 bits per heavy atom. The van der Waals surface area contributed by atoms with E-state index in [1.165, 1.54) is 0 Å². The van der Waals surface area contributed by atoms with Crippen LogP contribution in [-0.4, -0.2) is 27.6 Å². The van der Waals surface area contributed by atoms with E-state index in [1.807, 2.05) is 38.7 Å². The molecule has 0 bridgehead atoms. The first-order valence-electron chi connectivity index (χ1n) is 7.03. The topological polar surface area (TPSA) is 46.0 Å². The number of hydrogen-bond donors (Lipinski definition) is 1. The van der Waals surface area contributed by atoms with Gasteiger partial charge in [-0.15, -0.1) is 0 Å². The molecule has 2 rings (SSSR count). The average Bonchev–Trinajstić information content (AvgIpc) is 2.83. The molecule has 2 aromatic heterocycles. The fraction of sp³-hybridized carbons (Fsp3) is 0.467. The van der Waals surface area contributed by atoms with Crippen LogP contribution in [0.4, 0.5) is 10.2 Å². The molecule has 0 saturated heterocycles. The smallest absolute Gasteiger partial charge is 0.170 e. The fourth-order valence-corrected chi connectivity index (χ4v) is 2.02. The van der Waals surface area contributed by atoms with Gasteiger partial charge in [0.2, 0.25) is 0 Å². The average molecular weight is 291 g/mol. The maximum Gasteiger partial charge on any atom is 0.170 e. The molecule has 0 aromatic carbocycles. The summed E-state index contributed by atoms with van der Waals surface area (Å²) in [6.07, 6.45) is 5.25. The van der Waals surface area contributed by atoms with Gasteiger partial charge in [0.15, 0.2) is 11.6 Å². The molecule has 0 saturated carbocycles. The van der Waals surface area contributed by atoms with Crippen molar-refractivity contribution in [3.8, 4) is 0 Å². The highest BCUT2D eigenvalue weighted by molar-refractivity contribution is 5.42. The number of anilines is 1. The third kappa shape index (κ3) is 3.78. The van der Waals surface area contributed by atoms with Gasteiger partial charge in [-0.2, -0.15) is 0 Å². The minimum absolute atomic E-state index is 0.276. The minimum atomic E-state index is -0.276. The van der Waals surface area contributed by atoms with E-state index < -0.39 is 0 Å². The van der Waals surface area contributed by atoms with Crippen molar-refractivity contribution >= 4 is 5.82 Å². The number of halogens is 1. The van der Waals surface area contributed by atoms with Gasteiger partial charge in [-0.25, -0.2) is 14.4 Å². The van der Waals surface area contributed by atoms with Crippen molar-refractivity contribution < 1.29 is 4.39 Å². The van der Waals surface area contributed by atoms with Crippen LogP contribution < -0.4 is 10.2 Å². The number of aryl methyl sites for hydroxylation is 1. The molecule has 0 unspecified atom stereocenters. The van der Waals surface area contributed by atoms with E-state index in [4.69, 9.17) is 0 Å². The van der Waals surface area contributed by atoms with E-state index in [1.54, 1.807) is 23.4 Å². The highest BCUT2D eigenvalue weighted by Gasteiger charge is 2.15. The van der Waals surface area contributed by atoms with Gasteiger partial charge in [0.25, 0.3) is 0 Å². The Bertz CT molecular complexity index is 593. The van der Waals surface area contributed by atoms with Gasteiger partial charge >= 0.3 is 0 Å². The van der Waals surface area contributed by atoms with Gasteiger partial charge in [-0.1, -0.05) is 13.8 Å². The van der Waals surface area contributed by atoms with E-state index in [9.17, 15) is 4.39 Å². The van der Waals surface area contributed by atoms with Crippen LogP contribution in [0.15, 0.2) is 24.7 Å². The van der Waals surface area contributed by atoms with E-state index >= 15 is 0 Å². The van der Waals surface area contributed by atoms with Crippen LogP contribution in [0, 0.1) is 5.82 Å². The predicted octanol–water partition coefficient (Wildman–Crippen LogP) is 2.09. The Morgan fingerprint density at radius 2 is 2.10 bits per heavy atom. The zero-order valence-corrected chi connectivity index (χ0v) is 13.0. The molecule has 0 aliphatic heterocycles. The number of hydrogen-bond acceptors (Lipinski definition) is 4. The van der Waals surface area contributed by atoms with E-state index in [-0.39, 0.29) is 5.82 Å². The van der Waals surface area contributed by atoms with Crippen LogP contribution in [0.5, 0.6) is 0 Å². The molecule has 0 fully saturated rings. The van der Waals surface area contributed by atoms with Crippen molar-refractivity contribution in [2.75, 3.05) is 11.9 Å². The van der Waals surface area contributed by atoms with Gasteiger partial charge < -0.3 is 14.8 Å².